The molecule has 1 aromatic rings. The quantitative estimate of drug-likeness (QED) is 0.852. The van der Waals surface area contributed by atoms with Gasteiger partial charge >= 0.3 is 0 Å². The molecule has 0 radical (unpaired) electrons. The van der Waals surface area contributed by atoms with E-state index in [1.54, 1.807) is 18.2 Å². The molecule has 0 amide bonds. The normalized spacial score (nSPS) is 16.0. The zero-order valence-electron chi connectivity index (χ0n) is 9.14. The highest BCUT2D eigenvalue weighted by atomic mass is 32.2. The third kappa shape index (κ3) is 3.04. The molecule has 0 aliphatic carbocycles. The van der Waals surface area contributed by atoms with Crippen LogP contribution in [0.25, 0.3) is 0 Å². The summed E-state index contributed by atoms with van der Waals surface area (Å²) < 4.78 is 23.0. The Kier molecular flexibility index (Phi) is 3.52. The summed E-state index contributed by atoms with van der Waals surface area (Å²) in [5.74, 6) is 0. The van der Waals surface area contributed by atoms with Gasteiger partial charge in [0.25, 0.3) is 0 Å². The second kappa shape index (κ2) is 4.33. The Labute approximate surface area is 90.7 Å². The van der Waals surface area contributed by atoms with Crippen LogP contribution in [0.4, 0.5) is 0 Å². The van der Waals surface area contributed by atoms with Crippen LogP contribution in [0.15, 0.2) is 24.3 Å². The van der Waals surface area contributed by atoms with Crippen LogP contribution in [0.3, 0.4) is 0 Å². The van der Waals surface area contributed by atoms with Crippen molar-refractivity contribution in [1.29, 1.82) is 0 Å². The van der Waals surface area contributed by atoms with Crippen LogP contribution >= 0.6 is 0 Å². The molecule has 0 saturated carbocycles. The summed E-state index contributed by atoms with van der Waals surface area (Å²) in [5.41, 5.74) is 1.63. The average molecular weight is 228 g/mol. The van der Waals surface area contributed by atoms with Crippen LogP contribution in [0.2, 0.25) is 0 Å². The average Bonchev–Trinajstić information content (AvgIpc) is 1.99. The number of hydrogen-bond acceptors (Lipinski definition) is 3. The molecule has 0 heterocycles. The van der Waals surface area contributed by atoms with Crippen molar-refractivity contribution in [3.8, 4) is 0 Å². The van der Waals surface area contributed by atoms with Crippen molar-refractivity contribution >= 4 is 9.84 Å². The summed E-state index contributed by atoms with van der Waals surface area (Å²) in [5, 5.41) is 8.68. The van der Waals surface area contributed by atoms with Gasteiger partial charge in [0.05, 0.1) is 6.10 Å². The lowest BCUT2D eigenvalue weighted by Crippen LogP contribution is -2.23. The van der Waals surface area contributed by atoms with E-state index in [9.17, 15) is 13.5 Å². The molecule has 1 aromatic carbocycles. The summed E-state index contributed by atoms with van der Waals surface area (Å²) in [7, 11) is -3.28. The summed E-state index contributed by atoms with van der Waals surface area (Å²) in [6.07, 6.45) is 0.244. The van der Waals surface area contributed by atoms with Gasteiger partial charge in [-0.15, -0.1) is 0 Å². The van der Waals surface area contributed by atoms with E-state index in [2.05, 4.69) is 0 Å². The molecule has 0 spiro atoms. The third-order valence-corrected chi connectivity index (χ3v) is 3.86. The van der Waals surface area contributed by atoms with Gasteiger partial charge in [-0.2, -0.15) is 0 Å². The lowest BCUT2D eigenvalue weighted by Gasteiger charge is -2.18. The minimum atomic E-state index is -3.28. The molecule has 0 bridgehead atoms. The highest BCUT2D eigenvalue weighted by Gasteiger charge is 2.27. The van der Waals surface area contributed by atoms with Crippen LogP contribution in [0.5, 0.6) is 0 Å². The highest BCUT2D eigenvalue weighted by molar-refractivity contribution is 7.91. The maximum absolute atomic E-state index is 11.5. The van der Waals surface area contributed by atoms with E-state index < -0.39 is 21.2 Å². The van der Waals surface area contributed by atoms with Crippen LogP contribution in [0.1, 0.15) is 23.3 Å². The van der Waals surface area contributed by atoms with Crippen molar-refractivity contribution in [1.82, 2.24) is 0 Å². The number of rotatable bonds is 3. The first-order chi connectivity index (χ1) is 6.82. The molecular formula is C11H16O3S. The van der Waals surface area contributed by atoms with Gasteiger partial charge in [0, 0.05) is 6.26 Å². The Balaban J connectivity index is 3.23. The van der Waals surface area contributed by atoms with Gasteiger partial charge in [0.1, 0.15) is 5.25 Å². The van der Waals surface area contributed by atoms with Crippen molar-refractivity contribution in [2.75, 3.05) is 6.26 Å². The Hall–Kier alpha value is -0.870. The van der Waals surface area contributed by atoms with Crippen molar-refractivity contribution in [3.05, 3.63) is 35.4 Å². The predicted molar refractivity (Wildman–Crippen MR) is 60.4 cm³/mol. The third-order valence-electron chi connectivity index (χ3n) is 2.27. The minimum absolute atomic E-state index is 0.646. The van der Waals surface area contributed by atoms with Crippen molar-refractivity contribution < 1.29 is 13.5 Å². The van der Waals surface area contributed by atoms with Crippen molar-refractivity contribution in [3.63, 3.8) is 0 Å². The molecule has 0 fully saturated rings. The summed E-state index contributed by atoms with van der Waals surface area (Å²) >= 11 is 0. The molecule has 4 heteroatoms. The number of aliphatic hydroxyl groups is 1. The molecule has 0 aliphatic heterocycles. The Bertz CT molecular complexity index is 435. The second-order valence-corrected chi connectivity index (χ2v) is 6.07. The fraction of sp³-hybridized carbons (Fsp3) is 0.455. The molecule has 0 aliphatic rings. The van der Waals surface area contributed by atoms with Crippen LogP contribution in [-0.4, -0.2) is 25.9 Å². The Morgan fingerprint density at radius 1 is 1.33 bits per heavy atom. The second-order valence-electron chi connectivity index (χ2n) is 3.90. The monoisotopic (exact) mass is 228 g/mol. The maximum Gasteiger partial charge on any atom is 0.156 e. The molecule has 2 unspecified atom stereocenters. The molecule has 1 rings (SSSR count). The number of sulfone groups is 1. The molecule has 84 valence electrons. The fourth-order valence-corrected chi connectivity index (χ4v) is 3.09. The standard InChI is InChI=1S/C11H16O3S/c1-8-5-4-6-10(7-8)11(9(2)12)15(3,13)14/h4-7,9,11-12H,1-3H3. The number of benzene rings is 1. The highest BCUT2D eigenvalue weighted by Crippen LogP contribution is 2.25. The largest absolute Gasteiger partial charge is 0.392 e. The Morgan fingerprint density at radius 3 is 2.33 bits per heavy atom. The smallest absolute Gasteiger partial charge is 0.156 e. The molecule has 2 atom stereocenters. The molecule has 3 nitrogen and oxygen atoms in total. The van der Waals surface area contributed by atoms with Crippen LogP contribution < -0.4 is 0 Å². The summed E-state index contributed by atoms with van der Waals surface area (Å²) in [6.45, 7) is 3.39. The summed E-state index contributed by atoms with van der Waals surface area (Å²) in [4.78, 5) is 0. The Morgan fingerprint density at radius 2 is 1.93 bits per heavy atom. The van der Waals surface area contributed by atoms with E-state index >= 15 is 0 Å². The van der Waals surface area contributed by atoms with E-state index in [1.807, 2.05) is 13.0 Å². The first-order valence-electron chi connectivity index (χ1n) is 4.76. The molecule has 0 saturated heterocycles. The van der Waals surface area contributed by atoms with Crippen molar-refractivity contribution in [2.45, 2.75) is 25.2 Å². The van der Waals surface area contributed by atoms with Crippen LogP contribution in [0, 0.1) is 6.92 Å². The first-order valence-corrected chi connectivity index (χ1v) is 6.71. The van der Waals surface area contributed by atoms with Gasteiger partial charge in [0.15, 0.2) is 9.84 Å². The predicted octanol–water partition coefficient (Wildman–Crippen LogP) is 1.46. The van der Waals surface area contributed by atoms with E-state index in [0.717, 1.165) is 11.8 Å². The topological polar surface area (TPSA) is 54.4 Å². The van der Waals surface area contributed by atoms with Crippen LogP contribution in [-0.2, 0) is 9.84 Å². The molecule has 1 N–H and O–H groups in total. The van der Waals surface area contributed by atoms with Gasteiger partial charge in [0.2, 0.25) is 0 Å². The SMILES string of the molecule is Cc1cccc(C(C(C)O)S(C)(=O)=O)c1. The van der Waals surface area contributed by atoms with E-state index in [4.69, 9.17) is 0 Å². The van der Waals surface area contributed by atoms with Gasteiger partial charge in [-0.3, -0.25) is 0 Å². The lowest BCUT2D eigenvalue weighted by molar-refractivity contribution is 0.188. The zero-order chi connectivity index (χ0) is 11.6. The molecular weight excluding hydrogens is 212 g/mol. The van der Waals surface area contributed by atoms with E-state index in [0.29, 0.717) is 5.56 Å². The molecule has 15 heavy (non-hydrogen) atoms. The van der Waals surface area contributed by atoms with Gasteiger partial charge in [-0.05, 0) is 19.4 Å². The van der Waals surface area contributed by atoms with Gasteiger partial charge in [-0.1, -0.05) is 29.8 Å². The van der Waals surface area contributed by atoms with Crippen molar-refractivity contribution in [2.24, 2.45) is 0 Å². The minimum Gasteiger partial charge on any atom is -0.392 e. The maximum atomic E-state index is 11.5. The van der Waals surface area contributed by atoms with E-state index in [1.165, 1.54) is 6.92 Å². The zero-order valence-corrected chi connectivity index (χ0v) is 9.95. The van der Waals surface area contributed by atoms with Gasteiger partial charge in [-0.25, -0.2) is 8.42 Å². The van der Waals surface area contributed by atoms with Gasteiger partial charge < -0.3 is 5.11 Å². The molecule has 0 aromatic heterocycles. The number of aliphatic hydroxyl groups excluding tert-OH is 1. The van der Waals surface area contributed by atoms with E-state index in [-0.39, 0.29) is 0 Å². The first kappa shape index (κ1) is 12.2. The fourth-order valence-electron chi connectivity index (χ4n) is 1.73. The number of hydrogen-bond donors (Lipinski definition) is 1. The number of aryl methyl sites for hydroxylation is 1. The lowest BCUT2D eigenvalue weighted by atomic mass is 10.1. The summed E-state index contributed by atoms with van der Waals surface area (Å²) in [6, 6.07) is 7.21.